The SMILES string of the molecule is COC1C(OC)[C@@H](COC(C)(C)C)O[C@H]1n1ccc(=O)[nH]c1=O. The van der Waals surface area contributed by atoms with Gasteiger partial charge in [-0.15, -0.1) is 0 Å². The highest BCUT2D eigenvalue weighted by Crippen LogP contribution is 2.32. The van der Waals surface area contributed by atoms with Gasteiger partial charge in [0.25, 0.3) is 5.56 Å². The molecule has 0 saturated carbocycles. The maximum Gasteiger partial charge on any atom is 0.330 e. The van der Waals surface area contributed by atoms with Gasteiger partial charge in [-0.3, -0.25) is 14.3 Å². The third-order valence-electron chi connectivity index (χ3n) is 3.64. The predicted molar refractivity (Wildman–Crippen MR) is 82.5 cm³/mol. The van der Waals surface area contributed by atoms with E-state index in [-0.39, 0.29) is 5.60 Å². The molecule has 0 spiro atoms. The lowest BCUT2D eigenvalue weighted by Gasteiger charge is -2.25. The smallest absolute Gasteiger partial charge is 0.330 e. The standard InChI is InChI=1S/C15H24N2O6/c1-15(2,3)22-8-9-11(20-4)12(21-5)13(23-9)17-7-6-10(18)16-14(17)19/h6-7,9,11-13H,8H2,1-5H3,(H,16,18,19)/t9-,11?,12?,13-/m1/s1. The molecule has 2 unspecified atom stereocenters. The molecular weight excluding hydrogens is 304 g/mol. The molecule has 1 aliphatic heterocycles. The van der Waals surface area contributed by atoms with Gasteiger partial charge in [-0.05, 0) is 20.8 Å². The number of nitrogens with one attached hydrogen (secondary N) is 1. The highest BCUT2D eigenvalue weighted by atomic mass is 16.6. The van der Waals surface area contributed by atoms with Crippen LogP contribution in [-0.2, 0) is 18.9 Å². The second-order valence-corrected chi connectivity index (χ2v) is 6.41. The summed E-state index contributed by atoms with van der Waals surface area (Å²) >= 11 is 0. The number of aromatic nitrogens is 2. The van der Waals surface area contributed by atoms with Crippen molar-refractivity contribution in [2.24, 2.45) is 0 Å². The van der Waals surface area contributed by atoms with Gasteiger partial charge in [0.05, 0.1) is 12.2 Å². The fourth-order valence-electron chi connectivity index (χ4n) is 2.56. The molecule has 0 bridgehead atoms. The molecule has 1 N–H and O–H groups in total. The van der Waals surface area contributed by atoms with Gasteiger partial charge in [-0.25, -0.2) is 4.79 Å². The third kappa shape index (κ3) is 4.08. The van der Waals surface area contributed by atoms with Gasteiger partial charge in [0.1, 0.15) is 18.3 Å². The zero-order valence-corrected chi connectivity index (χ0v) is 14.1. The van der Waals surface area contributed by atoms with Crippen molar-refractivity contribution in [3.8, 4) is 0 Å². The first kappa shape index (κ1) is 17.9. The Morgan fingerprint density at radius 1 is 1.22 bits per heavy atom. The maximum atomic E-state index is 12.0. The highest BCUT2D eigenvalue weighted by molar-refractivity contribution is 4.94. The van der Waals surface area contributed by atoms with Gasteiger partial charge in [-0.1, -0.05) is 0 Å². The Morgan fingerprint density at radius 2 is 1.87 bits per heavy atom. The molecule has 8 heteroatoms. The van der Waals surface area contributed by atoms with Crippen LogP contribution in [0, 0.1) is 0 Å². The summed E-state index contributed by atoms with van der Waals surface area (Å²) in [7, 11) is 3.08. The van der Waals surface area contributed by atoms with Crippen molar-refractivity contribution < 1.29 is 18.9 Å². The van der Waals surface area contributed by atoms with Gasteiger partial charge in [0.2, 0.25) is 0 Å². The van der Waals surface area contributed by atoms with E-state index in [0.29, 0.717) is 6.61 Å². The molecule has 2 heterocycles. The van der Waals surface area contributed by atoms with Crippen molar-refractivity contribution in [3.05, 3.63) is 33.1 Å². The summed E-state index contributed by atoms with van der Waals surface area (Å²) in [5.74, 6) is 0. The Morgan fingerprint density at radius 3 is 2.39 bits per heavy atom. The lowest BCUT2D eigenvalue weighted by Crippen LogP contribution is -2.40. The van der Waals surface area contributed by atoms with Gasteiger partial charge in [-0.2, -0.15) is 0 Å². The van der Waals surface area contributed by atoms with Crippen molar-refractivity contribution in [2.45, 2.75) is 50.9 Å². The minimum Gasteiger partial charge on any atom is -0.376 e. The van der Waals surface area contributed by atoms with Crippen LogP contribution >= 0.6 is 0 Å². The second-order valence-electron chi connectivity index (χ2n) is 6.41. The van der Waals surface area contributed by atoms with E-state index < -0.39 is 35.8 Å². The fourth-order valence-corrected chi connectivity index (χ4v) is 2.56. The van der Waals surface area contributed by atoms with Crippen LogP contribution in [0.3, 0.4) is 0 Å². The molecule has 1 aliphatic rings. The Balaban J connectivity index is 2.26. The van der Waals surface area contributed by atoms with Crippen molar-refractivity contribution >= 4 is 0 Å². The van der Waals surface area contributed by atoms with E-state index in [0.717, 1.165) is 0 Å². The molecule has 0 aromatic carbocycles. The van der Waals surface area contributed by atoms with Crippen molar-refractivity contribution in [1.29, 1.82) is 0 Å². The number of aromatic amines is 1. The number of methoxy groups -OCH3 is 2. The van der Waals surface area contributed by atoms with Crippen LogP contribution in [0.5, 0.6) is 0 Å². The third-order valence-corrected chi connectivity index (χ3v) is 3.64. The lowest BCUT2D eigenvalue weighted by molar-refractivity contribution is -0.104. The minimum atomic E-state index is -0.706. The molecule has 1 fully saturated rings. The fraction of sp³-hybridized carbons (Fsp3) is 0.733. The lowest BCUT2D eigenvalue weighted by atomic mass is 10.1. The maximum absolute atomic E-state index is 12.0. The van der Waals surface area contributed by atoms with E-state index in [9.17, 15) is 9.59 Å². The zero-order valence-electron chi connectivity index (χ0n) is 14.1. The Labute approximate surface area is 134 Å². The van der Waals surface area contributed by atoms with Crippen LogP contribution in [0.4, 0.5) is 0 Å². The zero-order chi connectivity index (χ0) is 17.2. The molecule has 0 amide bonds. The van der Waals surface area contributed by atoms with Crippen LogP contribution < -0.4 is 11.2 Å². The first-order valence-corrected chi connectivity index (χ1v) is 7.43. The molecule has 130 valence electrons. The summed E-state index contributed by atoms with van der Waals surface area (Å²) in [6, 6.07) is 1.26. The Kier molecular flexibility index (Phi) is 5.41. The predicted octanol–water partition coefficient (Wildman–Crippen LogP) is 0.279. The molecule has 4 atom stereocenters. The molecule has 2 rings (SSSR count). The molecule has 0 aliphatic carbocycles. The van der Waals surface area contributed by atoms with Crippen LogP contribution in [0.1, 0.15) is 27.0 Å². The summed E-state index contributed by atoms with van der Waals surface area (Å²) in [4.78, 5) is 25.4. The van der Waals surface area contributed by atoms with Crippen molar-refractivity contribution in [2.75, 3.05) is 20.8 Å². The molecular formula is C15H24N2O6. The second kappa shape index (κ2) is 6.96. The van der Waals surface area contributed by atoms with Crippen LogP contribution in [0.25, 0.3) is 0 Å². The first-order valence-electron chi connectivity index (χ1n) is 7.43. The van der Waals surface area contributed by atoms with Gasteiger partial charge >= 0.3 is 5.69 Å². The molecule has 8 nitrogen and oxygen atoms in total. The van der Waals surface area contributed by atoms with E-state index in [4.69, 9.17) is 18.9 Å². The molecule has 23 heavy (non-hydrogen) atoms. The monoisotopic (exact) mass is 328 g/mol. The average Bonchev–Trinajstić information content (AvgIpc) is 2.81. The van der Waals surface area contributed by atoms with Gasteiger partial charge in [0, 0.05) is 26.5 Å². The number of nitrogens with zero attached hydrogens (tertiary/aromatic N) is 1. The Bertz CT molecular complexity index is 632. The number of hydrogen-bond acceptors (Lipinski definition) is 6. The number of H-pyrrole nitrogens is 1. The van der Waals surface area contributed by atoms with E-state index in [2.05, 4.69) is 4.98 Å². The number of rotatable bonds is 5. The van der Waals surface area contributed by atoms with E-state index in [1.165, 1.54) is 23.9 Å². The average molecular weight is 328 g/mol. The summed E-state index contributed by atoms with van der Waals surface area (Å²) in [6.45, 7) is 6.14. The van der Waals surface area contributed by atoms with Gasteiger partial charge < -0.3 is 18.9 Å². The molecule has 1 saturated heterocycles. The normalized spacial score (nSPS) is 28.2. The van der Waals surface area contributed by atoms with E-state index in [1.807, 2.05) is 20.8 Å². The largest absolute Gasteiger partial charge is 0.376 e. The topological polar surface area (TPSA) is 91.8 Å². The Hall–Kier alpha value is -1.48. The van der Waals surface area contributed by atoms with Crippen LogP contribution in [0.2, 0.25) is 0 Å². The summed E-state index contributed by atoms with van der Waals surface area (Å²) in [6.07, 6.45) is -0.614. The summed E-state index contributed by atoms with van der Waals surface area (Å²) in [5.41, 5.74) is -1.34. The molecule has 0 radical (unpaired) electrons. The van der Waals surface area contributed by atoms with Crippen molar-refractivity contribution in [1.82, 2.24) is 9.55 Å². The van der Waals surface area contributed by atoms with Crippen LogP contribution in [-0.4, -0.2) is 54.3 Å². The summed E-state index contributed by atoms with van der Waals surface area (Å²) in [5, 5.41) is 0. The first-order chi connectivity index (χ1) is 10.8. The number of hydrogen-bond donors (Lipinski definition) is 1. The quantitative estimate of drug-likeness (QED) is 0.835. The van der Waals surface area contributed by atoms with Gasteiger partial charge in [0.15, 0.2) is 6.23 Å². The van der Waals surface area contributed by atoms with E-state index >= 15 is 0 Å². The molecule has 1 aromatic rings. The van der Waals surface area contributed by atoms with E-state index in [1.54, 1.807) is 7.11 Å². The number of ether oxygens (including phenoxy) is 4. The minimum absolute atomic E-state index is 0.302. The van der Waals surface area contributed by atoms with Crippen molar-refractivity contribution in [3.63, 3.8) is 0 Å². The molecule has 1 aromatic heterocycles. The van der Waals surface area contributed by atoms with Crippen LogP contribution in [0.15, 0.2) is 21.9 Å². The summed E-state index contributed by atoms with van der Waals surface area (Å²) < 4.78 is 24.0. The highest BCUT2D eigenvalue weighted by Gasteiger charge is 2.47.